The van der Waals surface area contributed by atoms with Crippen LogP contribution in [0.1, 0.15) is 51.0 Å². The van der Waals surface area contributed by atoms with E-state index in [0.29, 0.717) is 17.2 Å². The van der Waals surface area contributed by atoms with E-state index in [4.69, 9.17) is 20.6 Å². The molecule has 0 atom stereocenters. The van der Waals surface area contributed by atoms with Gasteiger partial charge in [0.25, 0.3) is 0 Å². The molecular formula is C24H35FN4O4. The number of piperidine rings is 2. The molecule has 33 heavy (non-hydrogen) atoms. The first-order valence-corrected chi connectivity index (χ1v) is 11.7. The number of carbonyl (C=O) groups is 2. The molecule has 0 saturated carbocycles. The smallest absolute Gasteiger partial charge is 0.313 e. The number of nitrogens with one attached hydrogen (secondary N) is 1. The van der Waals surface area contributed by atoms with Gasteiger partial charge < -0.3 is 25.0 Å². The topological polar surface area (TPSA) is 109 Å². The Morgan fingerprint density at radius 1 is 1.15 bits per heavy atom. The van der Waals surface area contributed by atoms with Crippen molar-refractivity contribution in [1.29, 1.82) is 5.41 Å². The SMILES string of the molecule is CC(=O)N1CCC(OCCC2CCN(c3cccc(COC(=O)CC(=N)N)c3F)CC2)CC1. The lowest BCUT2D eigenvalue weighted by atomic mass is 9.93. The number of hydrogen-bond donors (Lipinski definition) is 2. The third-order valence-corrected chi connectivity index (χ3v) is 6.50. The standard InChI is InChI=1S/C24H35FN4O4/c1-17(30)28-12-7-20(8-13-28)32-14-9-18-5-10-29(11-6-18)21-4-2-3-19(24(21)25)16-33-23(31)15-22(26)27/h2-4,18,20H,5-16H2,1H3,(H3,26,27). The molecule has 2 aliphatic rings. The van der Waals surface area contributed by atoms with Gasteiger partial charge in [0.2, 0.25) is 5.91 Å². The van der Waals surface area contributed by atoms with Crippen molar-refractivity contribution >= 4 is 23.4 Å². The van der Waals surface area contributed by atoms with Crippen LogP contribution in [0.4, 0.5) is 10.1 Å². The van der Waals surface area contributed by atoms with Crippen molar-refractivity contribution in [1.82, 2.24) is 4.90 Å². The molecule has 8 nitrogen and oxygen atoms in total. The molecule has 2 fully saturated rings. The predicted octanol–water partition coefficient (Wildman–Crippen LogP) is 2.83. The van der Waals surface area contributed by atoms with Crippen molar-refractivity contribution in [2.75, 3.05) is 37.7 Å². The van der Waals surface area contributed by atoms with Gasteiger partial charge in [0, 0.05) is 45.3 Å². The van der Waals surface area contributed by atoms with Crippen LogP contribution in [0.3, 0.4) is 0 Å². The molecule has 0 bridgehead atoms. The van der Waals surface area contributed by atoms with Crippen molar-refractivity contribution in [3.8, 4) is 0 Å². The van der Waals surface area contributed by atoms with Gasteiger partial charge in [-0.1, -0.05) is 12.1 Å². The highest BCUT2D eigenvalue weighted by molar-refractivity contribution is 5.94. The van der Waals surface area contributed by atoms with Gasteiger partial charge in [-0.05, 0) is 44.1 Å². The van der Waals surface area contributed by atoms with Crippen LogP contribution in [-0.4, -0.2) is 61.5 Å². The summed E-state index contributed by atoms with van der Waals surface area (Å²) in [6, 6.07) is 5.13. The molecule has 0 unspecified atom stereocenters. The van der Waals surface area contributed by atoms with E-state index in [0.717, 1.165) is 64.9 Å². The number of hydrogen-bond acceptors (Lipinski definition) is 6. The largest absolute Gasteiger partial charge is 0.460 e. The van der Waals surface area contributed by atoms with Crippen LogP contribution >= 0.6 is 0 Å². The molecule has 2 heterocycles. The lowest BCUT2D eigenvalue weighted by Gasteiger charge is -2.35. The van der Waals surface area contributed by atoms with E-state index < -0.39 is 5.97 Å². The number of benzene rings is 1. The van der Waals surface area contributed by atoms with Crippen molar-refractivity contribution in [3.05, 3.63) is 29.6 Å². The lowest BCUT2D eigenvalue weighted by Crippen LogP contribution is -2.40. The number of carbonyl (C=O) groups excluding carboxylic acids is 2. The summed E-state index contributed by atoms with van der Waals surface area (Å²) in [4.78, 5) is 26.9. The first-order valence-electron chi connectivity index (χ1n) is 11.7. The van der Waals surface area contributed by atoms with E-state index in [1.165, 1.54) is 0 Å². The Labute approximate surface area is 194 Å². The van der Waals surface area contributed by atoms with Gasteiger partial charge in [0.1, 0.15) is 18.9 Å². The van der Waals surface area contributed by atoms with Gasteiger partial charge in [0.15, 0.2) is 5.82 Å². The molecule has 0 aromatic heterocycles. The zero-order chi connectivity index (χ0) is 23.8. The van der Waals surface area contributed by atoms with E-state index in [-0.39, 0.29) is 36.7 Å². The van der Waals surface area contributed by atoms with Crippen molar-refractivity contribution < 1.29 is 23.5 Å². The van der Waals surface area contributed by atoms with Crippen molar-refractivity contribution in [2.24, 2.45) is 11.7 Å². The quantitative estimate of drug-likeness (QED) is 0.332. The van der Waals surface area contributed by atoms with Crippen LogP contribution in [0.2, 0.25) is 0 Å². The Morgan fingerprint density at radius 3 is 2.48 bits per heavy atom. The normalized spacial score (nSPS) is 17.8. The summed E-state index contributed by atoms with van der Waals surface area (Å²) in [5, 5.41) is 7.13. The number of anilines is 1. The van der Waals surface area contributed by atoms with Gasteiger partial charge in [-0.3, -0.25) is 15.0 Å². The molecule has 0 aliphatic carbocycles. The van der Waals surface area contributed by atoms with Crippen LogP contribution in [0.15, 0.2) is 18.2 Å². The van der Waals surface area contributed by atoms with Gasteiger partial charge in [0.05, 0.1) is 11.8 Å². The van der Waals surface area contributed by atoms with Gasteiger partial charge in [-0.25, -0.2) is 4.39 Å². The Hall–Kier alpha value is -2.68. The first-order chi connectivity index (χ1) is 15.8. The average Bonchev–Trinajstić information content (AvgIpc) is 2.79. The van der Waals surface area contributed by atoms with E-state index in [1.54, 1.807) is 25.1 Å². The molecule has 0 radical (unpaired) electrons. The Balaban J connectivity index is 1.40. The average molecular weight is 463 g/mol. The van der Waals surface area contributed by atoms with Crippen molar-refractivity contribution in [3.63, 3.8) is 0 Å². The Morgan fingerprint density at radius 2 is 1.85 bits per heavy atom. The number of nitrogens with zero attached hydrogens (tertiary/aromatic N) is 2. The maximum Gasteiger partial charge on any atom is 0.313 e. The molecule has 2 aliphatic heterocycles. The van der Waals surface area contributed by atoms with Gasteiger partial charge >= 0.3 is 5.97 Å². The molecule has 1 aromatic rings. The summed E-state index contributed by atoms with van der Waals surface area (Å²) in [7, 11) is 0. The van der Waals surface area contributed by atoms with E-state index in [2.05, 4.69) is 0 Å². The number of nitrogens with two attached hydrogens (primary N) is 1. The van der Waals surface area contributed by atoms with Gasteiger partial charge in [-0.15, -0.1) is 0 Å². The molecule has 1 amide bonds. The minimum Gasteiger partial charge on any atom is -0.460 e. The summed E-state index contributed by atoms with van der Waals surface area (Å²) >= 11 is 0. The fourth-order valence-corrected chi connectivity index (χ4v) is 4.49. The minimum atomic E-state index is -0.639. The molecule has 3 rings (SSSR count). The molecule has 182 valence electrons. The summed E-state index contributed by atoms with van der Waals surface area (Å²) < 4.78 is 26.1. The second-order valence-electron chi connectivity index (χ2n) is 8.91. The number of amides is 1. The second-order valence-corrected chi connectivity index (χ2v) is 8.91. The highest BCUT2D eigenvalue weighted by Crippen LogP contribution is 2.29. The molecule has 9 heteroatoms. The third-order valence-electron chi connectivity index (χ3n) is 6.50. The first kappa shape index (κ1) is 25.0. The molecule has 0 spiro atoms. The van der Waals surface area contributed by atoms with E-state index in [9.17, 15) is 9.59 Å². The summed E-state index contributed by atoms with van der Waals surface area (Å²) in [5.74, 6) is -0.596. The fraction of sp³-hybridized carbons (Fsp3) is 0.625. The minimum absolute atomic E-state index is 0.135. The van der Waals surface area contributed by atoms with Gasteiger partial charge in [-0.2, -0.15) is 0 Å². The number of likely N-dealkylation sites (tertiary alicyclic amines) is 1. The maximum atomic E-state index is 15.0. The lowest BCUT2D eigenvalue weighted by molar-refractivity contribution is -0.143. The number of esters is 1. The Kier molecular flexibility index (Phi) is 9.05. The monoisotopic (exact) mass is 462 g/mol. The summed E-state index contributed by atoms with van der Waals surface area (Å²) in [5.41, 5.74) is 6.03. The fourth-order valence-electron chi connectivity index (χ4n) is 4.49. The Bertz CT molecular complexity index is 834. The number of halogens is 1. The maximum absolute atomic E-state index is 15.0. The van der Waals surface area contributed by atoms with Crippen LogP contribution in [0, 0.1) is 17.1 Å². The molecule has 1 aromatic carbocycles. The van der Waals surface area contributed by atoms with Crippen LogP contribution < -0.4 is 10.6 Å². The molecular weight excluding hydrogens is 427 g/mol. The highest BCUT2D eigenvalue weighted by Gasteiger charge is 2.24. The predicted molar refractivity (Wildman–Crippen MR) is 124 cm³/mol. The molecule has 3 N–H and O–H groups in total. The van der Waals surface area contributed by atoms with Crippen LogP contribution in [-0.2, 0) is 25.7 Å². The van der Waals surface area contributed by atoms with E-state index in [1.807, 2.05) is 9.80 Å². The van der Waals surface area contributed by atoms with Crippen LogP contribution in [0.25, 0.3) is 0 Å². The number of ether oxygens (including phenoxy) is 2. The second kappa shape index (κ2) is 12.0. The third kappa shape index (κ3) is 7.42. The number of amidine groups is 1. The zero-order valence-corrected chi connectivity index (χ0v) is 19.4. The summed E-state index contributed by atoms with van der Waals surface area (Å²) in [6.45, 7) is 5.26. The highest BCUT2D eigenvalue weighted by atomic mass is 19.1. The van der Waals surface area contributed by atoms with Crippen molar-refractivity contribution in [2.45, 2.75) is 58.2 Å². The number of rotatable bonds is 9. The summed E-state index contributed by atoms with van der Waals surface area (Å²) in [6.07, 6.45) is 4.69. The molecule has 2 saturated heterocycles. The van der Waals surface area contributed by atoms with E-state index >= 15 is 4.39 Å². The van der Waals surface area contributed by atoms with Crippen LogP contribution in [0.5, 0.6) is 0 Å². The zero-order valence-electron chi connectivity index (χ0n) is 19.4.